The molecule has 0 bridgehead atoms. The molecule has 1 atom stereocenters. The van der Waals surface area contributed by atoms with Crippen molar-refractivity contribution in [2.45, 2.75) is 24.8 Å². The van der Waals surface area contributed by atoms with Crippen LogP contribution in [0.15, 0.2) is 91.0 Å². The van der Waals surface area contributed by atoms with Crippen molar-refractivity contribution < 1.29 is 4.79 Å². The summed E-state index contributed by atoms with van der Waals surface area (Å²) in [6, 6.07) is 30.9. The minimum Gasteiger partial charge on any atom is -0.367 e. The summed E-state index contributed by atoms with van der Waals surface area (Å²) >= 11 is 0. The van der Waals surface area contributed by atoms with Gasteiger partial charge in [0.15, 0.2) is 0 Å². The van der Waals surface area contributed by atoms with Gasteiger partial charge in [0, 0.05) is 24.8 Å². The van der Waals surface area contributed by atoms with Crippen LogP contribution in [0.2, 0.25) is 0 Å². The summed E-state index contributed by atoms with van der Waals surface area (Å²) in [6.45, 7) is 1.72. The Morgan fingerprint density at radius 2 is 1.39 bits per heavy atom. The summed E-state index contributed by atoms with van der Waals surface area (Å²) < 4.78 is 0. The van der Waals surface area contributed by atoms with Gasteiger partial charge in [-0.05, 0) is 36.1 Å². The Morgan fingerprint density at radius 3 is 1.96 bits per heavy atom. The first kappa shape index (κ1) is 18.3. The Morgan fingerprint density at radius 1 is 0.857 bits per heavy atom. The molecule has 3 aromatic carbocycles. The van der Waals surface area contributed by atoms with Crippen molar-refractivity contribution in [2.75, 3.05) is 18.0 Å². The van der Waals surface area contributed by atoms with Gasteiger partial charge in [-0.3, -0.25) is 4.79 Å². The number of benzene rings is 3. The fraction of sp³-hybridized carbons (Fsp3) is 0.240. The van der Waals surface area contributed by atoms with Gasteiger partial charge in [-0.2, -0.15) is 0 Å². The average Bonchev–Trinajstić information content (AvgIpc) is 3.23. The lowest BCUT2D eigenvalue weighted by molar-refractivity contribution is -0.121. The maximum Gasteiger partial charge on any atom is 0.232 e. The van der Waals surface area contributed by atoms with Gasteiger partial charge in [-0.1, -0.05) is 78.9 Å². The third-order valence-electron chi connectivity index (χ3n) is 5.50. The van der Waals surface area contributed by atoms with Gasteiger partial charge in [-0.15, -0.1) is 0 Å². The summed E-state index contributed by atoms with van der Waals surface area (Å²) in [5, 5.41) is 3.24. The van der Waals surface area contributed by atoms with Crippen LogP contribution in [-0.4, -0.2) is 25.0 Å². The van der Waals surface area contributed by atoms with Crippen molar-refractivity contribution in [3.8, 4) is 0 Å². The highest BCUT2D eigenvalue weighted by Gasteiger charge is 2.27. The summed E-state index contributed by atoms with van der Waals surface area (Å²) in [5.41, 5.74) is 3.29. The van der Waals surface area contributed by atoms with Crippen LogP contribution >= 0.6 is 0 Å². The van der Waals surface area contributed by atoms with Gasteiger partial charge in [0.1, 0.15) is 0 Å². The molecule has 3 heteroatoms. The Hall–Kier alpha value is -3.07. The lowest BCUT2D eigenvalue weighted by Crippen LogP contribution is -2.42. The van der Waals surface area contributed by atoms with E-state index in [9.17, 15) is 4.79 Å². The molecule has 0 aliphatic carbocycles. The third-order valence-corrected chi connectivity index (χ3v) is 5.50. The number of para-hydroxylation sites is 1. The molecule has 1 N–H and O–H groups in total. The summed E-state index contributed by atoms with van der Waals surface area (Å²) in [6.07, 6.45) is 2.27. The number of anilines is 1. The topological polar surface area (TPSA) is 32.3 Å². The number of hydrogen-bond acceptors (Lipinski definition) is 2. The first-order valence-corrected chi connectivity index (χ1v) is 10.0. The van der Waals surface area contributed by atoms with E-state index in [1.807, 2.05) is 66.7 Å². The second kappa shape index (κ2) is 8.75. The minimum atomic E-state index is -0.283. The summed E-state index contributed by atoms with van der Waals surface area (Å²) in [5.74, 6) is -0.216. The van der Waals surface area contributed by atoms with Gasteiger partial charge in [-0.25, -0.2) is 0 Å². The van der Waals surface area contributed by atoms with E-state index in [0.29, 0.717) is 12.6 Å². The van der Waals surface area contributed by atoms with Crippen LogP contribution in [0, 0.1) is 0 Å². The van der Waals surface area contributed by atoms with Crippen LogP contribution in [0.4, 0.5) is 5.69 Å². The van der Waals surface area contributed by atoms with Gasteiger partial charge in [0.05, 0.1) is 5.92 Å². The zero-order valence-corrected chi connectivity index (χ0v) is 16.0. The van der Waals surface area contributed by atoms with E-state index in [2.05, 4.69) is 34.5 Å². The highest BCUT2D eigenvalue weighted by atomic mass is 16.1. The number of amides is 1. The molecule has 3 nitrogen and oxygen atoms in total. The second-order valence-corrected chi connectivity index (χ2v) is 7.32. The van der Waals surface area contributed by atoms with Crippen LogP contribution < -0.4 is 10.2 Å². The molecule has 4 rings (SSSR count). The third kappa shape index (κ3) is 4.09. The van der Waals surface area contributed by atoms with Crippen molar-refractivity contribution in [3.05, 3.63) is 102 Å². The monoisotopic (exact) mass is 370 g/mol. The molecule has 1 aliphatic heterocycles. The number of carbonyl (C=O) groups is 1. The van der Waals surface area contributed by atoms with Gasteiger partial charge >= 0.3 is 0 Å². The quantitative estimate of drug-likeness (QED) is 0.687. The molecular weight excluding hydrogens is 344 g/mol. The summed E-state index contributed by atoms with van der Waals surface area (Å²) in [4.78, 5) is 15.6. The Labute approximate surface area is 167 Å². The molecule has 0 unspecified atom stereocenters. The van der Waals surface area contributed by atoms with Gasteiger partial charge in [0.25, 0.3) is 0 Å². The molecule has 1 aliphatic rings. The molecular formula is C25H26N2O. The normalized spacial score (nSPS) is 16.3. The zero-order valence-electron chi connectivity index (χ0n) is 16.0. The molecule has 0 radical (unpaired) electrons. The Balaban J connectivity index is 1.49. The lowest BCUT2D eigenvalue weighted by atomic mass is 9.90. The van der Waals surface area contributed by atoms with Crippen molar-refractivity contribution >= 4 is 11.6 Å². The SMILES string of the molecule is O=C(NC[C@H]1CCCN1c1ccccc1)C(c1ccccc1)c1ccccc1. The molecule has 0 spiro atoms. The molecule has 0 aromatic heterocycles. The highest BCUT2D eigenvalue weighted by molar-refractivity contribution is 5.87. The van der Waals surface area contributed by atoms with Crippen molar-refractivity contribution in [2.24, 2.45) is 0 Å². The van der Waals surface area contributed by atoms with Gasteiger partial charge in [0.2, 0.25) is 5.91 Å². The zero-order chi connectivity index (χ0) is 19.2. The largest absolute Gasteiger partial charge is 0.367 e. The molecule has 3 aromatic rings. The number of hydrogen-bond donors (Lipinski definition) is 1. The summed E-state index contributed by atoms with van der Waals surface area (Å²) in [7, 11) is 0. The van der Waals surface area contributed by atoms with Crippen molar-refractivity contribution in [1.82, 2.24) is 5.32 Å². The average molecular weight is 370 g/mol. The first-order chi connectivity index (χ1) is 13.8. The Bertz CT molecular complexity index is 841. The van der Waals surface area contributed by atoms with E-state index in [0.717, 1.165) is 30.5 Å². The maximum atomic E-state index is 13.2. The predicted molar refractivity (Wildman–Crippen MR) is 115 cm³/mol. The fourth-order valence-corrected chi connectivity index (χ4v) is 4.11. The van der Waals surface area contributed by atoms with Gasteiger partial charge < -0.3 is 10.2 Å². The number of nitrogens with one attached hydrogen (secondary N) is 1. The predicted octanol–water partition coefficient (Wildman–Crippen LogP) is 4.60. The second-order valence-electron chi connectivity index (χ2n) is 7.32. The Kier molecular flexibility index (Phi) is 5.72. The van der Waals surface area contributed by atoms with Crippen LogP contribution in [0.25, 0.3) is 0 Å². The van der Waals surface area contributed by atoms with E-state index in [1.165, 1.54) is 5.69 Å². The van der Waals surface area contributed by atoms with Crippen LogP contribution in [-0.2, 0) is 4.79 Å². The maximum absolute atomic E-state index is 13.2. The molecule has 1 amide bonds. The van der Waals surface area contributed by atoms with Crippen LogP contribution in [0.1, 0.15) is 29.9 Å². The lowest BCUT2D eigenvalue weighted by Gasteiger charge is -2.28. The van der Waals surface area contributed by atoms with E-state index >= 15 is 0 Å². The van der Waals surface area contributed by atoms with E-state index in [-0.39, 0.29) is 11.8 Å². The van der Waals surface area contributed by atoms with E-state index < -0.39 is 0 Å². The molecule has 0 saturated carbocycles. The molecule has 1 fully saturated rings. The molecule has 1 heterocycles. The van der Waals surface area contributed by atoms with Crippen LogP contribution in [0.3, 0.4) is 0 Å². The number of nitrogens with zero attached hydrogens (tertiary/aromatic N) is 1. The fourth-order valence-electron chi connectivity index (χ4n) is 4.11. The smallest absolute Gasteiger partial charge is 0.232 e. The van der Waals surface area contributed by atoms with E-state index in [4.69, 9.17) is 0 Å². The molecule has 142 valence electrons. The van der Waals surface area contributed by atoms with Crippen molar-refractivity contribution in [1.29, 1.82) is 0 Å². The molecule has 28 heavy (non-hydrogen) atoms. The highest BCUT2D eigenvalue weighted by Crippen LogP contribution is 2.27. The standard InChI is InChI=1S/C25H26N2O/c28-25(24(20-11-4-1-5-12-20)21-13-6-2-7-14-21)26-19-23-17-10-18-27(23)22-15-8-3-9-16-22/h1-9,11-16,23-24H,10,17-19H2,(H,26,28)/t23-/m1/s1. The number of carbonyl (C=O) groups excluding carboxylic acids is 1. The van der Waals surface area contributed by atoms with E-state index in [1.54, 1.807) is 0 Å². The minimum absolute atomic E-state index is 0.0670. The van der Waals surface area contributed by atoms with Crippen LogP contribution in [0.5, 0.6) is 0 Å². The van der Waals surface area contributed by atoms with Crippen molar-refractivity contribution in [3.63, 3.8) is 0 Å². The molecule has 1 saturated heterocycles. The first-order valence-electron chi connectivity index (χ1n) is 10.0. The number of rotatable bonds is 6.